The van der Waals surface area contributed by atoms with Gasteiger partial charge in [-0.15, -0.1) is 0 Å². The lowest BCUT2D eigenvalue weighted by Crippen LogP contribution is -2.41. The van der Waals surface area contributed by atoms with Crippen molar-refractivity contribution in [3.05, 3.63) is 59.7 Å². The molecule has 0 N–H and O–H groups in total. The number of rotatable bonds is 9. The van der Waals surface area contributed by atoms with Crippen molar-refractivity contribution in [2.45, 2.75) is 64.7 Å². The number of methoxy groups -OCH3 is 1. The van der Waals surface area contributed by atoms with Gasteiger partial charge in [0, 0.05) is 5.82 Å². The molecule has 172 valence electrons. The zero-order valence-corrected chi connectivity index (χ0v) is 19.8. The number of benzene rings is 2. The Hall–Kier alpha value is -2.51. The molecule has 0 spiro atoms. The van der Waals surface area contributed by atoms with E-state index in [0.29, 0.717) is 24.7 Å². The van der Waals surface area contributed by atoms with Crippen LogP contribution in [0.15, 0.2) is 48.5 Å². The van der Waals surface area contributed by atoms with Crippen molar-refractivity contribution in [1.29, 1.82) is 0 Å². The molecule has 1 fully saturated rings. The largest absolute Gasteiger partial charge is 0.493 e. The summed E-state index contributed by atoms with van der Waals surface area (Å²) in [6.07, 6.45) is 0.137. The molecule has 32 heavy (non-hydrogen) atoms. The predicted octanol–water partition coefficient (Wildman–Crippen LogP) is 4.94. The van der Waals surface area contributed by atoms with Crippen molar-refractivity contribution in [3.63, 3.8) is 0 Å². The topological polar surface area (TPSA) is 63.2 Å². The number of carbonyl (C=O) groups excluding carboxylic acids is 1. The molecule has 2 aromatic carbocycles. The van der Waals surface area contributed by atoms with E-state index in [1.54, 1.807) is 14.0 Å². The lowest BCUT2D eigenvalue weighted by atomic mass is 9.66. The van der Waals surface area contributed by atoms with Crippen molar-refractivity contribution < 1.29 is 28.3 Å². The van der Waals surface area contributed by atoms with Gasteiger partial charge in [-0.05, 0) is 57.9 Å². The molecule has 1 unspecified atom stereocenters. The highest BCUT2D eigenvalue weighted by molar-refractivity contribution is 6.48. The Morgan fingerprint density at radius 2 is 1.66 bits per heavy atom. The third kappa shape index (κ3) is 5.45. The summed E-state index contributed by atoms with van der Waals surface area (Å²) >= 11 is 0. The highest BCUT2D eigenvalue weighted by Gasteiger charge is 2.54. The van der Waals surface area contributed by atoms with Crippen LogP contribution in [0.2, 0.25) is 0 Å². The number of hydrogen-bond acceptors (Lipinski definition) is 6. The van der Waals surface area contributed by atoms with Gasteiger partial charge in [0.15, 0.2) is 11.5 Å². The second-order valence-corrected chi connectivity index (χ2v) is 8.92. The minimum Gasteiger partial charge on any atom is -0.493 e. The maximum atomic E-state index is 12.4. The second kappa shape index (κ2) is 9.96. The van der Waals surface area contributed by atoms with Gasteiger partial charge in [-0.3, -0.25) is 4.79 Å². The molecule has 0 saturated carbocycles. The minimum atomic E-state index is -0.592. The normalized spacial score (nSPS) is 17.6. The van der Waals surface area contributed by atoms with Crippen LogP contribution < -0.4 is 9.47 Å². The SMILES string of the molecule is CCOC(=O)CC(B1OC(C)(C)C(C)(C)O1)c1ccc(OCc2ccccc2)c(OC)c1. The van der Waals surface area contributed by atoms with Crippen LogP contribution in [0, 0.1) is 0 Å². The smallest absolute Gasteiger partial charge is 0.466 e. The fourth-order valence-corrected chi connectivity index (χ4v) is 3.59. The van der Waals surface area contributed by atoms with Gasteiger partial charge in [0.1, 0.15) is 6.61 Å². The fourth-order valence-electron chi connectivity index (χ4n) is 3.59. The van der Waals surface area contributed by atoms with E-state index in [1.165, 1.54) is 0 Å². The first-order valence-corrected chi connectivity index (χ1v) is 11.0. The Kier molecular flexibility index (Phi) is 7.52. The zero-order chi connectivity index (χ0) is 23.4. The minimum absolute atomic E-state index is 0.137. The van der Waals surface area contributed by atoms with E-state index in [-0.39, 0.29) is 18.2 Å². The molecule has 1 aliphatic heterocycles. The predicted molar refractivity (Wildman–Crippen MR) is 124 cm³/mol. The van der Waals surface area contributed by atoms with Gasteiger partial charge in [0.2, 0.25) is 0 Å². The first-order valence-electron chi connectivity index (χ1n) is 11.0. The molecule has 1 atom stereocenters. The number of ether oxygens (including phenoxy) is 3. The Labute approximate surface area is 191 Å². The molecule has 0 amide bonds. The van der Waals surface area contributed by atoms with E-state index < -0.39 is 18.3 Å². The summed E-state index contributed by atoms with van der Waals surface area (Å²) in [5.41, 5.74) is 0.914. The lowest BCUT2D eigenvalue weighted by Gasteiger charge is -2.32. The molecular weight excluding hydrogens is 407 g/mol. The fraction of sp³-hybridized carbons (Fsp3) is 0.480. The Morgan fingerprint density at radius 3 is 2.25 bits per heavy atom. The summed E-state index contributed by atoms with van der Waals surface area (Å²) < 4.78 is 29.3. The molecule has 0 bridgehead atoms. The molecule has 1 aliphatic rings. The average Bonchev–Trinajstić information content (AvgIpc) is 2.98. The van der Waals surface area contributed by atoms with Crippen molar-refractivity contribution in [1.82, 2.24) is 0 Å². The Morgan fingerprint density at radius 1 is 1.00 bits per heavy atom. The van der Waals surface area contributed by atoms with Crippen molar-refractivity contribution in [2.75, 3.05) is 13.7 Å². The summed E-state index contributed by atoms with van der Waals surface area (Å²) in [4.78, 5) is 12.4. The van der Waals surface area contributed by atoms with Crippen molar-refractivity contribution >= 4 is 13.1 Å². The Bertz CT molecular complexity index is 896. The van der Waals surface area contributed by atoms with Crippen LogP contribution in [0.5, 0.6) is 11.5 Å². The van der Waals surface area contributed by atoms with Gasteiger partial charge in [-0.25, -0.2) is 0 Å². The third-order valence-corrected chi connectivity index (χ3v) is 6.14. The number of esters is 1. The molecule has 3 rings (SSSR count). The molecule has 1 saturated heterocycles. The van der Waals surface area contributed by atoms with Gasteiger partial charge in [0.05, 0.1) is 31.3 Å². The number of hydrogen-bond donors (Lipinski definition) is 0. The molecule has 0 aromatic heterocycles. The van der Waals surface area contributed by atoms with Gasteiger partial charge in [0.25, 0.3) is 0 Å². The summed E-state index contributed by atoms with van der Waals surface area (Å²) in [6, 6.07) is 15.6. The van der Waals surface area contributed by atoms with E-state index in [2.05, 4.69) is 0 Å². The summed E-state index contributed by atoms with van der Waals surface area (Å²) in [5.74, 6) is 0.565. The lowest BCUT2D eigenvalue weighted by molar-refractivity contribution is -0.143. The van der Waals surface area contributed by atoms with Crippen molar-refractivity contribution in [3.8, 4) is 11.5 Å². The van der Waals surface area contributed by atoms with Crippen LogP contribution in [0.1, 0.15) is 58.0 Å². The maximum absolute atomic E-state index is 12.4. The van der Waals surface area contributed by atoms with Crippen molar-refractivity contribution in [2.24, 2.45) is 0 Å². The summed E-state index contributed by atoms with van der Waals surface area (Å²) in [6.45, 7) is 10.5. The Balaban J connectivity index is 1.86. The monoisotopic (exact) mass is 440 g/mol. The van der Waals surface area contributed by atoms with Gasteiger partial charge < -0.3 is 23.5 Å². The molecular formula is C25H33BO6. The molecule has 2 aromatic rings. The highest BCUT2D eigenvalue weighted by atomic mass is 16.7. The maximum Gasteiger partial charge on any atom is 0.466 e. The summed E-state index contributed by atoms with van der Waals surface area (Å²) in [5, 5.41) is 0. The van der Waals surface area contributed by atoms with Crippen LogP contribution >= 0.6 is 0 Å². The van der Waals surface area contributed by atoms with Crippen LogP contribution in [0.4, 0.5) is 0 Å². The quantitative estimate of drug-likeness (QED) is 0.407. The summed E-state index contributed by atoms with van der Waals surface area (Å²) in [7, 11) is 1.01. The molecule has 0 aliphatic carbocycles. The zero-order valence-electron chi connectivity index (χ0n) is 19.8. The van der Waals surface area contributed by atoms with E-state index in [4.69, 9.17) is 23.5 Å². The van der Waals surface area contributed by atoms with E-state index in [1.807, 2.05) is 76.2 Å². The number of carbonyl (C=O) groups is 1. The third-order valence-electron chi connectivity index (χ3n) is 6.14. The van der Waals surface area contributed by atoms with Crippen LogP contribution in [0.25, 0.3) is 0 Å². The molecule has 1 heterocycles. The highest BCUT2D eigenvalue weighted by Crippen LogP contribution is 2.43. The first kappa shape index (κ1) is 24.1. The first-order chi connectivity index (χ1) is 15.2. The van der Waals surface area contributed by atoms with Gasteiger partial charge >= 0.3 is 13.1 Å². The van der Waals surface area contributed by atoms with Gasteiger partial charge in [-0.2, -0.15) is 0 Å². The van der Waals surface area contributed by atoms with Crippen LogP contribution in [-0.4, -0.2) is 38.0 Å². The molecule has 7 heteroatoms. The standard InChI is InChI=1S/C25H33BO6/c1-7-29-23(27)16-20(26-31-24(2,3)25(4,5)32-26)19-13-14-21(22(15-19)28-6)30-17-18-11-9-8-10-12-18/h8-15,20H,7,16-17H2,1-6H3. The van der Waals surface area contributed by atoms with E-state index in [0.717, 1.165) is 11.1 Å². The van der Waals surface area contributed by atoms with E-state index >= 15 is 0 Å². The average molecular weight is 440 g/mol. The molecule has 6 nitrogen and oxygen atoms in total. The molecule has 0 radical (unpaired) electrons. The van der Waals surface area contributed by atoms with E-state index in [9.17, 15) is 4.79 Å². The second-order valence-electron chi connectivity index (χ2n) is 8.92. The van der Waals surface area contributed by atoms with Gasteiger partial charge in [-0.1, -0.05) is 36.4 Å². The van der Waals surface area contributed by atoms with Crippen LogP contribution in [-0.2, 0) is 25.4 Å². The van der Waals surface area contributed by atoms with Crippen LogP contribution in [0.3, 0.4) is 0 Å².